The van der Waals surface area contributed by atoms with Crippen molar-refractivity contribution in [3.8, 4) is 0 Å². The molecule has 0 aromatic heterocycles. The molecule has 0 rings (SSSR count). The van der Waals surface area contributed by atoms with Gasteiger partial charge >= 0.3 is 18.0 Å². The number of carboxylic acid groups (broad SMARTS) is 1. The van der Waals surface area contributed by atoms with Gasteiger partial charge in [-0.2, -0.15) is 0 Å². The van der Waals surface area contributed by atoms with E-state index in [-0.39, 0.29) is 39.1 Å². The molecule has 0 bridgehead atoms. The molecule has 0 aromatic rings. The first-order valence-corrected chi connectivity index (χ1v) is 6.41. The quantitative estimate of drug-likeness (QED) is 0.444. The van der Waals surface area contributed by atoms with Crippen molar-refractivity contribution in [2.45, 2.75) is 18.9 Å². The van der Waals surface area contributed by atoms with Gasteiger partial charge in [0.1, 0.15) is 6.04 Å². The van der Waals surface area contributed by atoms with E-state index in [1.165, 1.54) is 19.1 Å². The molecule has 0 aliphatic carbocycles. The summed E-state index contributed by atoms with van der Waals surface area (Å²) in [5, 5.41) is 20.2. The number of esters is 1. The molecule has 0 fully saturated rings. The van der Waals surface area contributed by atoms with Crippen molar-refractivity contribution in [1.29, 1.82) is 0 Å². The van der Waals surface area contributed by atoms with E-state index in [0.29, 0.717) is 0 Å². The van der Waals surface area contributed by atoms with Crippen molar-refractivity contribution in [2.75, 3.05) is 40.5 Å². The highest BCUT2D eigenvalue weighted by Crippen LogP contribution is 2.01. The zero-order valence-electron chi connectivity index (χ0n) is 12.2. The molecule has 0 saturated heterocycles. The predicted molar refractivity (Wildman–Crippen MR) is 71.7 cm³/mol. The van der Waals surface area contributed by atoms with Crippen molar-refractivity contribution in [2.24, 2.45) is 0 Å². The van der Waals surface area contributed by atoms with Crippen LogP contribution in [-0.2, 0) is 19.1 Å². The lowest BCUT2D eigenvalue weighted by Crippen LogP contribution is -2.49. The number of ether oxygens (including phenoxy) is 2. The van der Waals surface area contributed by atoms with Crippen molar-refractivity contribution in [3.05, 3.63) is 0 Å². The Hall–Kier alpha value is -1.87. The Labute approximate surface area is 122 Å². The molecule has 21 heavy (non-hydrogen) atoms. The van der Waals surface area contributed by atoms with Crippen LogP contribution in [0.25, 0.3) is 0 Å². The summed E-state index contributed by atoms with van der Waals surface area (Å²) in [6, 6.07) is -1.85. The van der Waals surface area contributed by atoms with E-state index in [0.717, 1.165) is 0 Å². The minimum atomic E-state index is -1.25. The van der Waals surface area contributed by atoms with Crippen LogP contribution in [0.4, 0.5) is 4.79 Å². The first-order chi connectivity index (χ1) is 9.96. The average Bonchev–Trinajstić information content (AvgIpc) is 2.46. The molecule has 0 unspecified atom stereocenters. The third kappa shape index (κ3) is 8.10. The molecule has 9 nitrogen and oxygen atoms in total. The summed E-state index contributed by atoms with van der Waals surface area (Å²) in [6.45, 7) is 0.273. The largest absolute Gasteiger partial charge is 0.480 e. The summed E-state index contributed by atoms with van der Waals surface area (Å²) in [7, 11) is 2.66. The van der Waals surface area contributed by atoms with Gasteiger partial charge < -0.3 is 29.9 Å². The van der Waals surface area contributed by atoms with Gasteiger partial charge in [0.05, 0.1) is 20.3 Å². The molecule has 3 N–H and O–H groups in total. The molecule has 0 saturated carbocycles. The van der Waals surface area contributed by atoms with Gasteiger partial charge in [-0.25, -0.2) is 9.59 Å². The molecule has 0 aliphatic heterocycles. The number of hydrogen-bond acceptors (Lipinski definition) is 6. The zero-order valence-corrected chi connectivity index (χ0v) is 12.2. The number of rotatable bonds is 10. The summed E-state index contributed by atoms with van der Waals surface area (Å²) in [4.78, 5) is 35.3. The highest BCUT2D eigenvalue weighted by atomic mass is 16.5. The summed E-state index contributed by atoms with van der Waals surface area (Å²) < 4.78 is 9.25. The molecule has 1 atom stereocenters. The maximum Gasteiger partial charge on any atom is 0.326 e. The van der Waals surface area contributed by atoms with Crippen molar-refractivity contribution < 1.29 is 34.1 Å². The van der Waals surface area contributed by atoms with Crippen molar-refractivity contribution >= 4 is 18.0 Å². The topological polar surface area (TPSA) is 125 Å². The van der Waals surface area contributed by atoms with E-state index >= 15 is 0 Å². The number of hydrogen-bond donors (Lipinski definition) is 3. The van der Waals surface area contributed by atoms with E-state index < -0.39 is 24.0 Å². The number of nitrogens with one attached hydrogen (secondary N) is 1. The minimum absolute atomic E-state index is 0.0541. The number of carbonyl (C=O) groups excluding carboxylic acids is 2. The Bertz CT molecular complexity index is 348. The van der Waals surface area contributed by atoms with E-state index in [4.69, 9.17) is 14.9 Å². The lowest BCUT2D eigenvalue weighted by molar-refractivity contribution is -0.142. The minimum Gasteiger partial charge on any atom is -0.480 e. The molecular weight excluding hydrogens is 284 g/mol. The lowest BCUT2D eigenvalue weighted by atomic mass is 10.1. The first-order valence-electron chi connectivity index (χ1n) is 6.41. The molecule has 122 valence electrons. The second-order valence-corrected chi connectivity index (χ2v) is 4.16. The molecule has 0 aromatic carbocycles. The Morgan fingerprint density at radius 2 is 1.90 bits per heavy atom. The highest BCUT2D eigenvalue weighted by molar-refractivity contribution is 5.83. The van der Waals surface area contributed by atoms with E-state index in [2.05, 4.69) is 10.1 Å². The number of amides is 2. The van der Waals surface area contributed by atoms with Gasteiger partial charge in [0.25, 0.3) is 0 Å². The van der Waals surface area contributed by atoms with Crippen LogP contribution in [0, 0.1) is 0 Å². The average molecular weight is 306 g/mol. The number of carboxylic acids is 1. The van der Waals surface area contributed by atoms with Gasteiger partial charge in [0.15, 0.2) is 0 Å². The van der Waals surface area contributed by atoms with Crippen LogP contribution in [0.5, 0.6) is 0 Å². The normalized spacial score (nSPS) is 11.6. The Balaban J connectivity index is 4.54. The van der Waals surface area contributed by atoms with Crippen molar-refractivity contribution in [3.63, 3.8) is 0 Å². The Morgan fingerprint density at radius 1 is 1.24 bits per heavy atom. The molecule has 0 heterocycles. The zero-order chi connectivity index (χ0) is 16.3. The third-order valence-electron chi connectivity index (χ3n) is 2.68. The summed E-state index contributed by atoms with van der Waals surface area (Å²) in [5.74, 6) is -1.80. The van der Waals surface area contributed by atoms with E-state index in [1.807, 2.05) is 0 Å². The Kier molecular flexibility index (Phi) is 9.90. The maximum atomic E-state index is 11.9. The highest BCUT2D eigenvalue weighted by Gasteiger charge is 2.23. The van der Waals surface area contributed by atoms with Crippen LogP contribution in [0.2, 0.25) is 0 Å². The molecule has 2 amide bonds. The van der Waals surface area contributed by atoms with Crippen LogP contribution < -0.4 is 5.32 Å². The molecule has 0 radical (unpaired) electrons. The third-order valence-corrected chi connectivity index (χ3v) is 2.68. The van der Waals surface area contributed by atoms with Gasteiger partial charge in [0.2, 0.25) is 0 Å². The fraction of sp³-hybridized carbons (Fsp3) is 0.750. The van der Waals surface area contributed by atoms with Gasteiger partial charge in [0, 0.05) is 26.6 Å². The second-order valence-electron chi connectivity index (χ2n) is 4.16. The SMILES string of the molecule is COCCN(CCO)C(=O)N[C@H](CCC(=O)OC)C(=O)O. The second kappa shape index (κ2) is 10.9. The number of aliphatic carboxylic acids is 1. The fourth-order valence-electron chi connectivity index (χ4n) is 1.50. The molecule has 0 spiro atoms. The van der Waals surface area contributed by atoms with Crippen LogP contribution in [0.15, 0.2) is 0 Å². The molecular formula is C12H22N2O7. The monoisotopic (exact) mass is 306 g/mol. The van der Waals surface area contributed by atoms with Gasteiger partial charge in [-0.05, 0) is 6.42 Å². The molecule has 9 heteroatoms. The number of aliphatic hydroxyl groups is 1. The summed E-state index contributed by atoms with van der Waals surface area (Å²) >= 11 is 0. The summed E-state index contributed by atoms with van der Waals surface area (Å²) in [5.41, 5.74) is 0. The molecule has 0 aliphatic rings. The van der Waals surface area contributed by atoms with Crippen LogP contribution in [0.3, 0.4) is 0 Å². The van der Waals surface area contributed by atoms with Crippen LogP contribution >= 0.6 is 0 Å². The predicted octanol–water partition coefficient (Wildman–Crippen LogP) is -0.957. The lowest BCUT2D eigenvalue weighted by Gasteiger charge is -2.24. The van der Waals surface area contributed by atoms with Gasteiger partial charge in [-0.3, -0.25) is 4.79 Å². The van der Waals surface area contributed by atoms with E-state index in [9.17, 15) is 14.4 Å². The summed E-state index contributed by atoms with van der Waals surface area (Å²) in [6.07, 6.45) is -0.198. The maximum absolute atomic E-state index is 11.9. The number of aliphatic hydroxyl groups excluding tert-OH is 1. The number of methoxy groups -OCH3 is 2. The standard InChI is InChI=1S/C12H22N2O7/c1-20-8-6-14(5-7-15)12(19)13-9(11(17)18)3-4-10(16)21-2/h9,15H,3-8H2,1-2H3,(H,13,19)(H,17,18)/t9-/m1/s1. The number of urea groups is 1. The number of carbonyl (C=O) groups is 3. The van der Waals surface area contributed by atoms with Gasteiger partial charge in [-0.15, -0.1) is 0 Å². The fourth-order valence-corrected chi connectivity index (χ4v) is 1.50. The smallest absolute Gasteiger partial charge is 0.326 e. The van der Waals surface area contributed by atoms with Gasteiger partial charge in [-0.1, -0.05) is 0 Å². The van der Waals surface area contributed by atoms with E-state index in [1.54, 1.807) is 0 Å². The van der Waals surface area contributed by atoms with Crippen molar-refractivity contribution in [1.82, 2.24) is 10.2 Å². The van der Waals surface area contributed by atoms with Crippen LogP contribution in [0.1, 0.15) is 12.8 Å². The first kappa shape index (κ1) is 19.1. The Morgan fingerprint density at radius 3 is 2.38 bits per heavy atom. The van der Waals surface area contributed by atoms with Crippen LogP contribution in [-0.4, -0.2) is 79.6 Å². The number of nitrogens with zero attached hydrogens (tertiary/aromatic N) is 1.